The summed E-state index contributed by atoms with van der Waals surface area (Å²) in [6.07, 6.45) is 9.86. The lowest BCUT2D eigenvalue weighted by Gasteiger charge is -2.53. The van der Waals surface area contributed by atoms with Crippen LogP contribution in [-0.4, -0.2) is 27.2 Å². The molecule has 2 fully saturated rings. The molecule has 3 heterocycles. The van der Waals surface area contributed by atoms with Crippen LogP contribution in [-0.2, 0) is 4.74 Å². The van der Waals surface area contributed by atoms with Gasteiger partial charge in [0.05, 0.1) is 36.9 Å². The Hall–Kier alpha value is -1.39. The summed E-state index contributed by atoms with van der Waals surface area (Å²) in [5.41, 5.74) is 4.07. The summed E-state index contributed by atoms with van der Waals surface area (Å²) in [6.45, 7) is 5.31. The van der Waals surface area contributed by atoms with Gasteiger partial charge in [-0.25, -0.2) is 4.98 Å². The Kier molecular flexibility index (Phi) is 3.27. The molecule has 2 aliphatic rings. The lowest BCUT2D eigenvalue weighted by atomic mass is 9.64. The zero-order chi connectivity index (χ0) is 15.3. The van der Waals surface area contributed by atoms with Crippen molar-refractivity contribution < 1.29 is 9.84 Å². The van der Waals surface area contributed by atoms with Crippen molar-refractivity contribution in [3.63, 3.8) is 0 Å². The summed E-state index contributed by atoms with van der Waals surface area (Å²) >= 11 is 0. The maximum Gasteiger partial charge on any atom is 0.0992 e. The number of aliphatic hydroxyl groups is 1. The van der Waals surface area contributed by atoms with E-state index in [2.05, 4.69) is 35.5 Å². The number of nitrogens with zero attached hydrogens (tertiary/aromatic N) is 2. The molecule has 2 aromatic rings. The summed E-state index contributed by atoms with van der Waals surface area (Å²) in [5, 5.41) is 9.84. The zero-order valence-corrected chi connectivity index (χ0v) is 13.3. The van der Waals surface area contributed by atoms with Crippen LogP contribution in [0.5, 0.6) is 0 Å². The molecule has 0 bridgehead atoms. The smallest absolute Gasteiger partial charge is 0.0992 e. The van der Waals surface area contributed by atoms with Crippen LogP contribution in [0.1, 0.15) is 62.7 Å². The van der Waals surface area contributed by atoms with Gasteiger partial charge in [0.15, 0.2) is 0 Å². The maximum atomic E-state index is 9.84. The second-order valence-electron chi connectivity index (χ2n) is 7.31. The molecule has 4 nitrogen and oxygen atoms in total. The average molecular weight is 300 g/mol. The van der Waals surface area contributed by atoms with Gasteiger partial charge in [0.25, 0.3) is 0 Å². The van der Waals surface area contributed by atoms with Crippen molar-refractivity contribution in [2.75, 3.05) is 6.61 Å². The average Bonchev–Trinajstić information content (AvgIpc) is 2.96. The number of pyridine rings is 1. The molecule has 2 aromatic heterocycles. The Balaban J connectivity index is 1.80. The predicted octanol–water partition coefficient (Wildman–Crippen LogP) is 3.45. The minimum atomic E-state index is -0.123. The van der Waals surface area contributed by atoms with Crippen molar-refractivity contribution in [1.29, 1.82) is 0 Å². The van der Waals surface area contributed by atoms with Gasteiger partial charge in [0.1, 0.15) is 0 Å². The van der Waals surface area contributed by atoms with Gasteiger partial charge in [0.2, 0.25) is 0 Å². The van der Waals surface area contributed by atoms with Gasteiger partial charge >= 0.3 is 0 Å². The zero-order valence-electron chi connectivity index (χ0n) is 13.3. The minimum Gasteiger partial charge on any atom is -0.393 e. The molecule has 4 heteroatoms. The monoisotopic (exact) mass is 300 g/mol. The van der Waals surface area contributed by atoms with Gasteiger partial charge in [-0.05, 0) is 43.2 Å². The Bertz CT molecular complexity index is 683. The summed E-state index contributed by atoms with van der Waals surface area (Å²) in [5.74, 6) is 0.463. The third-order valence-electron chi connectivity index (χ3n) is 5.60. The van der Waals surface area contributed by atoms with Crippen LogP contribution in [0, 0.1) is 5.41 Å². The quantitative estimate of drug-likeness (QED) is 0.924. The topological polar surface area (TPSA) is 46.8 Å². The van der Waals surface area contributed by atoms with E-state index in [1.54, 1.807) is 0 Å². The van der Waals surface area contributed by atoms with Crippen LogP contribution in [0.3, 0.4) is 0 Å². The fourth-order valence-electron chi connectivity index (χ4n) is 4.20. The normalized spacial score (nSPS) is 31.8. The highest BCUT2D eigenvalue weighted by Gasteiger charge is 2.51. The van der Waals surface area contributed by atoms with E-state index in [0.717, 1.165) is 32.3 Å². The lowest BCUT2D eigenvalue weighted by Crippen LogP contribution is -2.49. The minimum absolute atomic E-state index is 0.123. The van der Waals surface area contributed by atoms with Crippen molar-refractivity contribution in [1.82, 2.24) is 9.38 Å². The second-order valence-corrected chi connectivity index (χ2v) is 7.31. The van der Waals surface area contributed by atoms with Crippen molar-refractivity contribution >= 4 is 5.52 Å². The van der Waals surface area contributed by atoms with E-state index in [9.17, 15) is 5.11 Å². The number of rotatable bonds is 2. The van der Waals surface area contributed by atoms with Crippen LogP contribution >= 0.6 is 0 Å². The second kappa shape index (κ2) is 5.07. The van der Waals surface area contributed by atoms with Crippen molar-refractivity contribution in [3.8, 4) is 0 Å². The predicted molar refractivity (Wildman–Crippen MR) is 84.9 cm³/mol. The number of fused-ring (bicyclic) bond motifs is 1. The molecule has 1 N–H and O–H groups in total. The van der Waals surface area contributed by atoms with E-state index in [-0.39, 0.29) is 17.6 Å². The molecule has 1 saturated carbocycles. The van der Waals surface area contributed by atoms with E-state index in [1.807, 2.05) is 12.5 Å². The highest BCUT2D eigenvalue weighted by molar-refractivity contribution is 5.59. The van der Waals surface area contributed by atoms with Gasteiger partial charge in [-0.2, -0.15) is 0 Å². The largest absolute Gasteiger partial charge is 0.393 e. The van der Waals surface area contributed by atoms with E-state index in [1.165, 1.54) is 16.6 Å². The van der Waals surface area contributed by atoms with Gasteiger partial charge < -0.3 is 14.2 Å². The Labute approximate surface area is 131 Å². The fraction of sp³-hybridized carbons (Fsp3) is 0.611. The molecule has 0 amide bonds. The first-order valence-corrected chi connectivity index (χ1v) is 8.35. The van der Waals surface area contributed by atoms with Crippen molar-refractivity contribution in [3.05, 3.63) is 35.9 Å². The number of imidazole rings is 1. The summed E-state index contributed by atoms with van der Waals surface area (Å²) in [4.78, 5) is 4.32. The molecule has 118 valence electrons. The van der Waals surface area contributed by atoms with Gasteiger partial charge in [0, 0.05) is 17.2 Å². The Morgan fingerprint density at radius 1 is 1.36 bits per heavy atom. The van der Waals surface area contributed by atoms with E-state index < -0.39 is 0 Å². The highest BCUT2D eigenvalue weighted by atomic mass is 16.5. The van der Waals surface area contributed by atoms with E-state index in [0.29, 0.717) is 5.92 Å². The third-order valence-corrected chi connectivity index (χ3v) is 5.60. The first-order chi connectivity index (χ1) is 10.6. The standard InChI is InChI=1S/C18H24N2O2/c1-12(2)14-5-8-20-11-19-9-15(20)16(14)17-18(10-22-17)6-3-13(21)4-7-18/h5,8-9,11-13,17,21H,3-4,6-7,10H2,1-2H3/t13-,17-,18+/m1/s1. The fourth-order valence-corrected chi connectivity index (χ4v) is 4.20. The van der Waals surface area contributed by atoms with E-state index >= 15 is 0 Å². The molecule has 1 aliphatic carbocycles. The third kappa shape index (κ3) is 2.01. The molecule has 1 aliphatic heterocycles. The number of ether oxygens (including phenoxy) is 1. The molecule has 0 aromatic carbocycles. The molecule has 22 heavy (non-hydrogen) atoms. The van der Waals surface area contributed by atoms with Gasteiger partial charge in [-0.1, -0.05) is 13.8 Å². The van der Waals surface area contributed by atoms with Crippen LogP contribution in [0.4, 0.5) is 0 Å². The Morgan fingerprint density at radius 3 is 2.77 bits per heavy atom. The SMILES string of the molecule is CC(C)c1ccn2cncc2c1[C@H]1OC[C@]12CC[C@H](O)CC2. The highest BCUT2D eigenvalue weighted by Crippen LogP contribution is 2.56. The van der Waals surface area contributed by atoms with Crippen LogP contribution in [0.2, 0.25) is 0 Å². The molecule has 1 saturated heterocycles. The molecular formula is C18H24N2O2. The summed E-state index contributed by atoms with van der Waals surface area (Å²) in [7, 11) is 0. The number of hydrogen-bond donors (Lipinski definition) is 1. The molecule has 1 spiro atoms. The van der Waals surface area contributed by atoms with Gasteiger partial charge in [-0.3, -0.25) is 0 Å². The molecule has 4 rings (SSSR count). The Morgan fingerprint density at radius 2 is 2.14 bits per heavy atom. The maximum absolute atomic E-state index is 9.84. The van der Waals surface area contributed by atoms with Crippen molar-refractivity contribution in [2.24, 2.45) is 5.41 Å². The first kappa shape index (κ1) is 14.2. The van der Waals surface area contributed by atoms with E-state index in [4.69, 9.17) is 4.74 Å². The molecule has 0 radical (unpaired) electrons. The summed E-state index contributed by atoms with van der Waals surface area (Å²) < 4.78 is 8.18. The number of aliphatic hydroxyl groups excluding tert-OH is 1. The van der Waals surface area contributed by atoms with Crippen LogP contribution in [0.25, 0.3) is 5.52 Å². The van der Waals surface area contributed by atoms with Crippen molar-refractivity contribution in [2.45, 2.75) is 57.7 Å². The van der Waals surface area contributed by atoms with Crippen LogP contribution < -0.4 is 0 Å². The first-order valence-electron chi connectivity index (χ1n) is 8.35. The van der Waals surface area contributed by atoms with Gasteiger partial charge in [-0.15, -0.1) is 0 Å². The lowest BCUT2D eigenvalue weighted by molar-refractivity contribution is -0.212. The van der Waals surface area contributed by atoms with Crippen LogP contribution in [0.15, 0.2) is 24.8 Å². The molecule has 0 unspecified atom stereocenters. The molecular weight excluding hydrogens is 276 g/mol. The summed E-state index contributed by atoms with van der Waals surface area (Å²) in [6, 6.07) is 2.21. The number of hydrogen-bond acceptors (Lipinski definition) is 3. The number of aromatic nitrogens is 2. The molecule has 1 atom stereocenters.